The molecule has 0 saturated carbocycles. The summed E-state index contributed by atoms with van der Waals surface area (Å²) in [6.07, 6.45) is 5.12. The number of piperidine rings is 1. The van der Waals surface area contributed by atoms with Crippen molar-refractivity contribution >= 4 is 17.2 Å². The molecule has 2 saturated heterocycles. The first-order valence-electron chi connectivity index (χ1n) is 8.52. The number of ether oxygens (including phenoxy) is 1. The number of hydrogen-bond donors (Lipinski definition) is 1. The molecule has 2 aromatic rings. The van der Waals surface area contributed by atoms with Crippen LogP contribution in [-0.4, -0.2) is 51.4 Å². The van der Waals surface area contributed by atoms with Gasteiger partial charge in [0.05, 0.1) is 30.5 Å². The summed E-state index contributed by atoms with van der Waals surface area (Å²) < 4.78 is 6.22. The maximum atomic E-state index is 6.22. The Morgan fingerprint density at radius 1 is 1.33 bits per heavy atom. The highest BCUT2D eigenvalue weighted by Crippen LogP contribution is 2.37. The van der Waals surface area contributed by atoms with Crippen LogP contribution in [-0.2, 0) is 11.3 Å². The molecule has 7 heteroatoms. The third-order valence-corrected chi connectivity index (χ3v) is 5.73. The van der Waals surface area contributed by atoms with E-state index in [2.05, 4.69) is 25.4 Å². The molecule has 0 aromatic carbocycles. The van der Waals surface area contributed by atoms with Crippen LogP contribution in [0.3, 0.4) is 0 Å². The molecule has 2 fully saturated rings. The predicted octanol–water partition coefficient (Wildman–Crippen LogP) is 2.48. The van der Waals surface area contributed by atoms with E-state index >= 15 is 0 Å². The van der Waals surface area contributed by atoms with Crippen LogP contribution in [0.2, 0.25) is 0 Å². The molecule has 4 heterocycles. The van der Waals surface area contributed by atoms with Crippen LogP contribution in [0.1, 0.15) is 30.0 Å². The van der Waals surface area contributed by atoms with Crippen LogP contribution >= 0.6 is 11.3 Å². The highest BCUT2D eigenvalue weighted by atomic mass is 32.1. The normalized spacial score (nSPS) is 23.6. The molecule has 2 aliphatic heterocycles. The molecule has 0 amide bonds. The second-order valence-electron chi connectivity index (χ2n) is 6.80. The van der Waals surface area contributed by atoms with E-state index in [0.717, 1.165) is 57.0 Å². The number of thiazole rings is 1. The van der Waals surface area contributed by atoms with Gasteiger partial charge in [-0.05, 0) is 38.3 Å². The minimum atomic E-state index is 0.0369. The van der Waals surface area contributed by atoms with Gasteiger partial charge in [-0.3, -0.25) is 4.90 Å². The number of nitrogens with zero attached hydrogens (tertiary/aromatic N) is 4. The SMILES string of the molecule is Cc1ccc(NC2COC3(CCN(Cc4nccs4)CC3)C2)nn1. The minimum absolute atomic E-state index is 0.0369. The van der Waals surface area contributed by atoms with Crippen LogP contribution < -0.4 is 5.32 Å². The van der Waals surface area contributed by atoms with E-state index in [1.165, 1.54) is 5.01 Å². The van der Waals surface area contributed by atoms with Gasteiger partial charge < -0.3 is 10.1 Å². The van der Waals surface area contributed by atoms with E-state index in [4.69, 9.17) is 4.74 Å². The van der Waals surface area contributed by atoms with Gasteiger partial charge >= 0.3 is 0 Å². The molecule has 2 aromatic heterocycles. The Morgan fingerprint density at radius 2 is 2.21 bits per heavy atom. The van der Waals surface area contributed by atoms with Crippen molar-refractivity contribution in [2.45, 2.75) is 44.4 Å². The topological polar surface area (TPSA) is 63.2 Å². The zero-order valence-corrected chi connectivity index (χ0v) is 14.8. The van der Waals surface area contributed by atoms with Crippen LogP contribution in [0, 0.1) is 6.92 Å². The second-order valence-corrected chi connectivity index (χ2v) is 7.78. The minimum Gasteiger partial charge on any atom is -0.373 e. The largest absolute Gasteiger partial charge is 0.373 e. The molecular weight excluding hydrogens is 322 g/mol. The van der Waals surface area contributed by atoms with Gasteiger partial charge in [-0.1, -0.05) is 0 Å². The lowest BCUT2D eigenvalue weighted by molar-refractivity contribution is -0.0448. The number of likely N-dealkylation sites (tertiary alicyclic amines) is 1. The lowest BCUT2D eigenvalue weighted by atomic mass is 9.87. The van der Waals surface area contributed by atoms with E-state index in [0.29, 0.717) is 6.04 Å². The molecule has 4 rings (SSSR count). The van der Waals surface area contributed by atoms with Crippen LogP contribution in [0.15, 0.2) is 23.7 Å². The monoisotopic (exact) mass is 345 g/mol. The van der Waals surface area contributed by atoms with Crippen molar-refractivity contribution in [3.63, 3.8) is 0 Å². The molecule has 1 N–H and O–H groups in total. The van der Waals surface area contributed by atoms with Gasteiger partial charge in [-0.2, -0.15) is 5.10 Å². The van der Waals surface area contributed by atoms with E-state index in [1.807, 2.05) is 30.6 Å². The number of nitrogens with one attached hydrogen (secondary N) is 1. The van der Waals surface area contributed by atoms with Crippen molar-refractivity contribution in [3.05, 3.63) is 34.4 Å². The maximum absolute atomic E-state index is 6.22. The van der Waals surface area contributed by atoms with Gasteiger partial charge in [0.15, 0.2) is 0 Å². The molecule has 1 atom stereocenters. The van der Waals surface area contributed by atoms with Gasteiger partial charge in [0.25, 0.3) is 0 Å². The van der Waals surface area contributed by atoms with Crippen molar-refractivity contribution in [1.29, 1.82) is 0 Å². The van der Waals surface area contributed by atoms with Gasteiger partial charge in [-0.15, -0.1) is 16.4 Å². The molecule has 2 aliphatic rings. The first kappa shape index (κ1) is 15.9. The summed E-state index contributed by atoms with van der Waals surface area (Å²) in [5, 5.41) is 15.0. The van der Waals surface area contributed by atoms with Crippen LogP contribution in [0.5, 0.6) is 0 Å². The van der Waals surface area contributed by atoms with Crippen LogP contribution in [0.4, 0.5) is 5.82 Å². The highest BCUT2D eigenvalue weighted by Gasteiger charge is 2.42. The van der Waals surface area contributed by atoms with Crippen molar-refractivity contribution < 1.29 is 4.74 Å². The Balaban J connectivity index is 1.29. The molecule has 0 bridgehead atoms. The highest BCUT2D eigenvalue weighted by molar-refractivity contribution is 7.09. The van der Waals surface area contributed by atoms with Crippen LogP contribution in [0.25, 0.3) is 0 Å². The molecule has 6 nitrogen and oxygen atoms in total. The fourth-order valence-electron chi connectivity index (χ4n) is 3.61. The summed E-state index contributed by atoms with van der Waals surface area (Å²) >= 11 is 1.74. The molecular formula is C17H23N5OS. The quantitative estimate of drug-likeness (QED) is 0.918. The number of aromatic nitrogens is 3. The Labute approximate surface area is 146 Å². The fourth-order valence-corrected chi connectivity index (χ4v) is 4.27. The van der Waals surface area contributed by atoms with Crippen molar-refractivity contribution in [1.82, 2.24) is 20.1 Å². The average molecular weight is 345 g/mol. The van der Waals surface area contributed by atoms with Crippen molar-refractivity contribution in [2.75, 3.05) is 25.0 Å². The number of anilines is 1. The summed E-state index contributed by atoms with van der Waals surface area (Å²) in [6, 6.07) is 4.30. The zero-order chi connectivity index (χ0) is 16.4. The van der Waals surface area contributed by atoms with Gasteiger partial charge in [-0.25, -0.2) is 4.98 Å². The van der Waals surface area contributed by atoms with E-state index in [1.54, 1.807) is 11.3 Å². The van der Waals surface area contributed by atoms with Gasteiger partial charge in [0.1, 0.15) is 10.8 Å². The summed E-state index contributed by atoms with van der Waals surface area (Å²) in [5.74, 6) is 0.840. The first-order valence-corrected chi connectivity index (χ1v) is 9.40. The molecule has 24 heavy (non-hydrogen) atoms. The Kier molecular flexibility index (Phi) is 4.47. The maximum Gasteiger partial charge on any atom is 0.148 e. The first-order chi connectivity index (χ1) is 11.7. The Bertz CT molecular complexity index is 652. The molecule has 1 unspecified atom stereocenters. The third kappa shape index (κ3) is 3.58. The zero-order valence-electron chi connectivity index (χ0n) is 13.9. The Morgan fingerprint density at radius 3 is 2.92 bits per heavy atom. The molecule has 0 radical (unpaired) electrons. The summed E-state index contributed by atoms with van der Waals surface area (Å²) in [4.78, 5) is 6.87. The predicted molar refractivity (Wildman–Crippen MR) is 94.1 cm³/mol. The van der Waals surface area contributed by atoms with Gasteiger partial charge in [0.2, 0.25) is 0 Å². The van der Waals surface area contributed by atoms with Crippen molar-refractivity contribution in [2.24, 2.45) is 0 Å². The lowest BCUT2D eigenvalue weighted by Crippen LogP contribution is -2.44. The van der Waals surface area contributed by atoms with E-state index < -0.39 is 0 Å². The Hall–Kier alpha value is -1.57. The van der Waals surface area contributed by atoms with E-state index in [-0.39, 0.29) is 5.60 Å². The number of aryl methyl sites for hydroxylation is 1. The summed E-state index contributed by atoms with van der Waals surface area (Å²) in [6.45, 7) is 5.83. The molecule has 1 spiro atoms. The average Bonchev–Trinajstić information content (AvgIpc) is 3.23. The van der Waals surface area contributed by atoms with Crippen molar-refractivity contribution in [3.8, 4) is 0 Å². The lowest BCUT2D eigenvalue weighted by Gasteiger charge is -2.38. The van der Waals surface area contributed by atoms with Gasteiger partial charge in [0, 0.05) is 24.7 Å². The summed E-state index contributed by atoms with van der Waals surface area (Å²) in [5.41, 5.74) is 0.974. The molecule has 0 aliphatic carbocycles. The number of rotatable bonds is 4. The third-order valence-electron chi connectivity index (χ3n) is 4.97. The second kappa shape index (κ2) is 6.74. The fraction of sp³-hybridized carbons (Fsp3) is 0.588. The summed E-state index contributed by atoms with van der Waals surface area (Å²) in [7, 11) is 0. The standard InChI is InChI=1S/C17H23N5OS/c1-13-2-3-15(21-20-13)19-14-10-17(23-12-14)4-7-22(8-5-17)11-16-18-6-9-24-16/h2-3,6,9,14H,4-5,7-8,10-12H2,1H3,(H,19,21). The smallest absolute Gasteiger partial charge is 0.148 e. The number of hydrogen-bond acceptors (Lipinski definition) is 7. The van der Waals surface area contributed by atoms with E-state index in [9.17, 15) is 0 Å². The molecule has 128 valence electrons.